The van der Waals surface area contributed by atoms with Gasteiger partial charge in [0, 0.05) is 12.8 Å². The Labute approximate surface area is 142 Å². The van der Waals surface area contributed by atoms with Crippen LogP contribution in [-0.2, 0) is 16.8 Å². The first-order valence-electron chi connectivity index (χ1n) is 7.41. The molecule has 1 unspecified atom stereocenters. The number of hydrogen-bond donors (Lipinski definition) is 2. The summed E-state index contributed by atoms with van der Waals surface area (Å²) in [5.41, 5.74) is 0.421. The highest BCUT2D eigenvalue weighted by Gasteiger charge is 2.24. The zero-order valence-corrected chi connectivity index (χ0v) is 13.9. The third-order valence-corrected chi connectivity index (χ3v) is 4.27. The van der Waals surface area contributed by atoms with E-state index in [4.69, 9.17) is 8.94 Å². The second-order valence-corrected chi connectivity index (χ2v) is 6.37. The van der Waals surface area contributed by atoms with Gasteiger partial charge in [0.25, 0.3) is 0 Å². The van der Waals surface area contributed by atoms with E-state index in [1.54, 1.807) is 13.0 Å². The molecule has 1 amide bonds. The number of hydrogen-bond acceptors (Lipinski definition) is 7. The largest absolute Gasteiger partial charge is 0.472 e. The van der Waals surface area contributed by atoms with Crippen molar-refractivity contribution in [1.29, 1.82) is 0 Å². The summed E-state index contributed by atoms with van der Waals surface area (Å²) in [6.45, 7) is 1.82. The first-order chi connectivity index (χ1) is 11.5. The van der Waals surface area contributed by atoms with Crippen LogP contribution in [0.2, 0.25) is 0 Å². The SMILES string of the molecule is CC(O)(CNC(=O)CCc1nc(-c2ccoc2)no1)c1ccsc1. The van der Waals surface area contributed by atoms with Gasteiger partial charge in [0.1, 0.15) is 11.9 Å². The quantitative estimate of drug-likeness (QED) is 0.680. The number of nitrogens with one attached hydrogen (secondary N) is 1. The lowest BCUT2D eigenvalue weighted by Crippen LogP contribution is -2.38. The Morgan fingerprint density at radius 2 is 2.33 bits per heavy atom. The number of aliphatic hydroxyl groups is 1. The maximum atomic E-state index is 11.9. The summed E-state index contributed by atoms with van der Waals surface area (Å²) in [6.07, 6.45) is 3.58. The van der Waals surface area contributed by atoms with Gasteiger partial charge in [0.2, 0.25) is 17.6 Å². The number of carbonyl (C=O) groups excluding carboxylic acids is 1. The van der Waals surface area contributed by atoms with E-state index in [-0.39, 0.29) is 18.9 Å². The molecule has 3 aromatic rings. The van der Waals surface area contributed by atoms with Crippen LogP contribution in [0.1, 0.15) is 24.8 Å². The predicted octanol–water partition coefficient (Wildman–Crippen LogP) is 2.35. The molecule has 0 aliphatic rings. The Hall–Kier alpha value is -2.45. The van der Waals surface area contributed by atoms with Crippen molar-refractivity contribution in [3.63, 3.8) is 0 Å². The van der Waals surface area contributed by atoms with E-state index in [1.807, 2.05) is 16.8 Å². The summed E-state index contributed by atoms with van der Waals surface area (Å²) in [5, 5.41) is 20.7. The molecule has 2 N–H and O–H groups in total. The lowest BCUT2D eigenvalue weighted by atomic mass is 9.99. The van der Waals surface area contributed by atoms with Crippen LogP contribution >= 0.6 is 11.3 Å². The van der Waals surface area contributed by atoms with E-state index < -0.39 is 5.60 Å². The van der Waals surface area contributed by atoms with E-state index in [2.05, 4.69) is 15.5 Å². The molecule has 0 saturated heterocycles. The van der Waals surface area contributed by atoms with Crippen molar-refractivity contribution in [2.45, 2.75) is 25.4 Å². The van der Waals surface area contributed by atoms with Gasteiger partial charge in [-0.3, -0.25) is 4.79 Å². The fourth-order valence-electron chi connectivity index (χ4n) is 2.12. The van der Waals surface area contributed by atoms with Gasteiger partial charge in [-0.05, 0) is 35.4 Å². The Balaban J connectivity index is 1.48. The lowest BCUT2D eigenvalue weighted by molar-refractivity contribution is -0.122. The van der Waals surface area contributed by atoms with Crippen LogP contribution in [-0.4, -0.2) is 27.7 Å². The van der Waals surface area contributed by atoms with Gasteiger partial charge in [0.15, 0.2) is 0 Å². The minimum atomic E-state index is -1.09. The molecule has 0 aliphatic heterocycles. The number of aromatic nitrogens is 2. The molecule has 3 aromatic heterocycles. The van der Waals surface area contributed by atoms with Crippen molar-refractivity contribution in [2.75, 3.05) is 6.54 Å². The van der Waals surface area contributed by atoms with Crippen molar-refractivity contribution >= 4 is 17.2 Å². The Bertz CT molecular complexity index is 778. The number of furan rings is 1. The predicted molar refractivity (Wildman–Crippen MR) is 87.2 cm³/mol. The number of rotatable bonds is 7. The standard InChI is InChI=1S/C16H17N3O4S/c1-16(21,12-5-7-24-9-12)10-17-13(20)2-3-14-18-15(19-23-14)11-4-6-22-8-11/h4-9,21H,2-3,10H2,1H3,(H,17,20). The van der Waals surface area contributed by atoms with E-state index in [1.165, 1.54) is 23.9 Å². The summed E-state index contributed by atoms with van der Waals surface area (Å²) in [7, 11) is 0. The summed E-state index contributed by atoms with van der Waals surface area (Å²) < 4.78 is 10.1. The van der Waals surface area contributed by atoms with Gasteiger partial charge in [-0.15, -0.1) is 0 Å². The van der Waals surface area contributed by atoms with Gasteiger partial charge < -0.3 is 19.4 Å². The number of nitrogens with zero attached hydrogens (tertiary/aromatic N) is 2. The highest BCUT2D eigenvalue weighted by molar-refractivity contribution is 7.08. The molecule has 8 heteroatoms. The first-order valence-corrected chi connectivity index (χ1v) is 8.36. The van der Waals surface area contributed by atoms with Crippen LogP contribution in [0.3, 0.4) is 0 Å². The lowest BCUT2D eigenvalue weighted by Gasteiger charge is -2.22. The number of thiophene rings is 1. The number of aryl methyl sites for hydroxylation is 1. The van der Waals surface area contributed by atoms with Crippen LogP contribution in [0, 0.1) is 0 Å². The van der Waals surface area contributed by atoms with Gasteiger partial charge in [0.05, 0.1) is 18.4 Å². The fourth-order valence-corrected chi connectivity index (χ4v) is 2.90. The molecule has 0 radical (unpaired) electrons. The Kier molecular flexibility index (Phi) is 4.77. The maximum absolute atomic E-state index is 11.9. The normalized spacial score (nSPS) is 13.6. The van der Waals surface area contributed by atoms with Gasteiger partial charge in [-0.1, -0.05) is 5.16 Å². The average molecular weight is 347 g/mol. The second-order valence-electron chi connectivity index (χ2n) is 5.59. The molecule has 0 fully saturated rings. The molecule has 3 rings (SSSR count). The minimum absolute atomic E-state index is 0.146. The minimum Gasteiger partial charge on any atom is -0.472 e. The molecule has 0 spiro atoms. The Morgan fingerprint density at radius 3 is 3.04 bits per heavy atom. The van der Waals surface area contributed by atoms with Crippen molar-refractivity contribution in [2.24, 2.45) is 0 Å². The smallest absolute Gasteiger partial charge is 0.227 e. The summed E-state index contributed by atoms with van der Waals surface area (Å²) in [4.78, 5) is 16.2. The van der Waals surface area contributed by atoms with E-state index >= 15 is 0 Å². The van der Waals surface area contributed by atoms with E-state index in [0.29, 0.717) is 18.1 Å². The monoisotopic (exact) mass is 347 g/mol. The van der Waals surface area contributed by atoms with Crippen LogP contribution in [0.4, 0.5) is 0 Å². The van der Waals surface area contributed by atoms with Crippen molar-refractivity contribution in [3.8, 4) is 11.4 Å². The van der Waals surface area contributed by atoms with Gasteiger partial charge in [-0.25, -0.2) is 0 Å². The number of carbonyl (C=O) groups is 1. The molecular formula is C16H17N3O4S. The molecular weight excluding hydrogens is 330 g/mol. The third-order valence-electron chi connectivity index (χ3n) is 3.59. The van der Waals surface area contributed by atoms with Crippen LogP contribution in [0.5, 0.6) is 0 Å². The molecule has 0 aromatic carbocycles. The topological polar surface area (TPSA) is 101 Å². The molecule has 1 atom stereocenters. The maximum Gasteiger partial charge on any atom is 0.227 e. The first kappa shape index (κ1) is 16.4. The second kappa shape index (κ2) is 6.98. The molecule has 24 heavy (non-hydrogen) atoms. The van der Waals surface area contributed by atoms with E-state index in [9.17, 15) is 9.90 Å². The van der Waals surface area contributed by atoms with Gasteiger partial charge >= 0.3 is 0 Å². The molecule has 3 heterocycles. The molecule has 0 saturated carbocycles. The number of amides is 1. The average Bonchev–Trinajstić information content (AvgIpc) is 3.32. The van der Waals surface area contributed by atoms with Gasteiger partial charge in [-0.2, -0.15) is 16.3 Å². The highest BCUT2D eigenvalue weighted by Crippen LogP contribution is 2.22. The Morgan fingerprint density at radius 1 is 1.46 bits per heavy atom. The highest BCUT2D eigenvalue weighted by atomic mass is 32.1. The third kappa shape index (κ3) is 3.90. The summed E-state index contributed by atoms with van der Waals surface area (Å²) >= 11 is 1.50. The van der Waals surface area contributed by atoms with Crippen molar-refractivity contribution < 1.29 is 18.8 Å². The van der Waals surface area contributed by atoms with Crippen LogP contribution in [0.15, 0.2) is 44.4 Å². The molecule has 126 valence electrons. The van der Waals surface area contributed by atoms with Crippen molar-refractivity contribution in [3.05, 3.63) is 46.9 Å². The van der Waals surface area contributed by atoms with Crippen LogP contribution in [0.25, 0.3) is 11.4 Å². The molecule has 0 bridgehead atoms. The zero-order valence-electron chi connectivity index (χ0n) is 13.1. The summed E-state index contributed by atoms with van der Waals surface area (Å²) in [6, 6.07) is 3.57. The fraction of sp³-hybridized carbons (Fsp3) is 0.312. The van der Waals surface area contributed by atoms with Crippen LogP contribution < -0.4 is 5.32 Å². The van der Waals surface area contributed by atoms with E-state index in [0.717, 1.165) is 11.1 Å². The zero-order chi connectivity index (χ0) is 17.0. The molecule has 0 aliphatic carbocycles. The summed E-state index contributed by atoms with van der Waals surface area (Å²) in [5.74, 6) is 0.624. The van der Waals surface area contributed by atoms with Crippen molar-refractivity contribution in [1.82, 2.24) is 15.5 Å². The molecule has 7 nitrogen and oxygen atoms in total.